The van der Waals surface area contributed by atoms with E-state index in [9.17, 15) is 9.90 Å². The number of rotatable bonds is 8. The molecule has 3 rings (SSSR count). The average molecular weight is 397 g/mol. The number of nitrogens with zero attached hydrogens (tertiary/aromatic N) is 1. The van der Waals surface area contributed by atoms with E-state index in [-0.39, 0.29) is 12.5 Å². The van der Waals surface area contributed by atoms with Crippen molar-refractivity contribution < 1.29 is 19.4 Å². The molecule has 1 N–H and O–H groups in total. The minimum absolute atomic E-state index is 0.0200. The zero-order valence-electron chi connectivity index (χ0n) is 16.1. The van der Waals surface area contributed by atoms with E-state index in [2.05, 4.69) is 0 Å². The number of benzene rings is 2. The van der Waals surface area contributed by atoms with Gasteiger partial charge in [0.05, 0.1) is 23.4 Å². The smallest absolute Gasteiger partial charge is 0.303 e. The Labute approximate surface area is 168 Å². The summed E-state index contributed by atoms with van der Waals surface area (Å²) >= 11 is 1.56. The normalized spacial score (nSPS) is 11.8. The predicted octanol–water partition coefficient (Wildman–Crippen LogP) is 5.50. The summed E-state index contributed by atoms with van der Waals surface area (Å²) in [6.45, 7) is 3.91. The molecule has 0 spiro atoms. The zero-order valence-corrected chi connectivity index (χ0v) is 17.0. The summed E-state index contributed by atoms with van der Waals surface area (Å²) in [6, 6.07) is 13.6. The fourth-order valence-electron chi connectivity index (χ4n) is 2.85. The van der Waals surface area contributed by atoms with Crippen molar-refractivity contribution in [3.63, 3.8) is 0 Å². The summed E-state index contributed by atoms with van der Waals surface area (Å²) in [7, 11) is 1.61. The molecule has 0 saturated heterocycles. The first-order valence-electron chi connectivity index (χ1n) is 9.10. The molecule has 0 aliphatic rings. The topological polar surface area (TPSA) is 68.7 Å². The number of carboxylic acids is 1. The maximum absolute atomic E-state index is 11.2. The van der Waals surface area contributed by atoms with Crippen molar-refractivity contribution in [1.82, 2.24) is 4.98 Å². The Balaban J connectivity index is 2.09. The molecule has 5 nitrogen and oxygen atoms in total. The lowest BCUT2D eigenvalue weighted by molar-refractivity contribution is -0.136. The Morgan fingerprint density at radius 3 is 2.64 bits per heavy atom. The maximum atomic E-state index is 11.2. The summed E-state index contributed by atoms with van der Waals surface area (Å²) < 4.78 is 12.5. The fraction of sp³-hybridized carbons (Fsp3) is 0.273. The lowest BCUT2D eigenvalue weighted by Crippen LogP contribution is -2.08. The molecule has 0 radical (unpaired) electrons. The van der Waals surface area contributed by atoms with E-state index in [1.54, 1.807) is 18.4 Å². The molecular formula is C22H23NO4S. The Kier molecular flexibility index (Phi) is 6.31. The highest BCUT2D eigenvalue weighted by atomic mass is 32.1. The highest BCUT2D eigenvalue weighted by molar-refractivity contribution is 7.19. The van der Waals surface area contributed by atoms with Crippen molar-refractivity contribution >= 4 is 39.2 Å². The van der Waals surface area contributed by atoms with Crippen LogP contribution >= 0.6 is 11.3 Å². The van der Waals surface area contributed by atoms with Crippen LogP contribution in [0, 0.1) is 0 Å². The second-order valence-electron chi connectivity index (χ2n) is 6.60. The Morgan fingerprint density at radius 2 is 1.96 bits per heavy atom. The van der Waals surface area contributed by atoms with Gasteiger partial charge in [0.1, 0.15) is 5.01 Å². The van der Waals surface area contributed by atoms with Gasteiger partial charge in [-0.05, 0) is 50.1 Å². The van der Waals surface area contributed by atoms with Crippen LogP contribution in [0.5, 0.6) is 11.5 Å². The lowest BCUT2D eigenvalue weighted by atomic mass is 10.1. The van der Waals surface area contributed by atoms with Crippen LogP contribution < -0.4 is 9.47 Å². The SMILES string of the molecule is COc1cccc(/C=C(\CCC(=O)O)c2nc3ccccc3s2)c1OC(C)C. The molecule has 3 aromatic rings. The molecular weight excluding hydrogens is 374 g/mol. The van der Waals surface area contributed by atoms with Gasteiger partial charge in [0.2, 0.25) is 0 Å². The number of aromatic nitrogens is 1. The van der Waals surface area contributed by atoms with Crippen LogP contribution in [-0.4, -0.2) is 29.3 Å². The van der Waals surface area contributed by atoms with Gasteiger partial charge in [-0.1, -0.05) is 24.3 Å². The lowest BCUT2D eigenvalue weighted by Gasteiger charge is -2.16. The number of fused-ring (bicyclic) bond motifs is 1. The first-order valence-corrected chi connectivity index (χ1v) is 9.91. The Hall–Kier alpha value is -2.86. The number of methoxy groups -OCH3 is 1. The third kappa shape index (κ3) is 4.70. The zero-order chi connectivity index (χ0) is 20.1. The molecule has 0 aliphatic carbocycles. The van der Waals surface area contributed by atoms with Gasteiger partial charge in [-0.15, -0.1) is 11.3 Å². The van der Waals surface area contributed by atoms with Crippen molar-refractivity contribution in [1.29, 1.82) is 0 Å². The van der Waals surface area contributed by atoms with Crippen molar-refractivity contribution in [3.8, 4) is 11.5 Å². The van der Waals surface area contributed by atoms with E-state index >= 15 is 0 Å². The van der Waals surface area contributed by atoms with Gasteiger partial charge in [-0.25, -0.2) is 4.98 Å². The molecule has 0 bridgehead atoms. The standard InChI is InChI=1S/C22H23NO4S/c1-14(2)27-21-15(7-6-9-18(21)26-3)13-16(11-12-20(24)25)22-23-17-8-4-5-10-19(17)28-22/h4-10,13-14H,11-12H2,1-3H3,(H,24,25)/b16-13+. The molecule has 0 fully saturated rings. The Bertz CT molecular complexity index is 974. The summed E-state index contributed by atoms with van der Waals surface area (Å²) in [4.78, 5) is 15.9. The summed E-state index contributed by atoms with van der Waals surface area (Å²) in [5, 5.41) is 10.0. The van der Waals surface area contributed by atoms with Crippen LogP contribution in [0.25, 0.3) is 21.9 Å². The van der Waals surface area contributed by atoms with Crippen molar-refractivity contribution in [2.75, 3.05) is 7.11 Å². The molecule has 146 valence electrons. The highest BCUT2D eigenvalue weighted by Crippen LogP contribution is 2.37. The molecule has 2 aromatic carbocycles. The van der Waals surface area contributed by atoms with E-state index in [1.807, 2.05) is 62.4 Å². The fourth-order valence-corrected chi connectivity index (χ4v) is 3.86. The molecule has 0 atom stereocenters. The Morgan fingerprint density at radius 1 is 1.18 bits per heavy atom. The predicted molar refractivity (Wildman–Crippen MR) is 113 cm³/mol. The van der Waals surface area contributed by atoms with Gasteiger partial charge in [-0.2, -0.15) is 0 Å². The molecule has 28 heavy (non-hydrogen) atoms. The van der Waals surface area contributed by atoms with Gasteiger partial charge in [0.15, 0.2) is 11.5 Å². The van der Waals surface area contributed by atoms with Crippen LogP contribution in [0.1, 0.15) is 37.3 Å². The maximum Gasteiger partial charge on any atom is 0.303 e. The largest absolute Gasteiger partial charge is 0.493 e. The first kappa shape index (κ1) is 19.9. The quantitative estimate of drug-likeness (QED) is 0.544. The molecule has 0 amide bonds. The minimum atomic E-state index is -0.837. The van der Waals surface area contributed by atoms with E-state index in [4.69, 9.17) is 14.5 Å². The molecule has 1 heterocycles. The van der Waals surface area contributed by atoms with Crippen LogP contribution in [0.4, 0.5) is 0 Å². The van der Waals surface area contributed by atoms with E-state index < -0.39 is 5.97 Å². The number of carboxylic acid groups (broad SMARTS) is 1. The van der Waals surface area contributed by atoms with Gasteiger partial charge >= 0.3 is 5.97 Å². The second-order valence-corrected chi connectivity index (χ2v) is 7.63. The van der Waals surface area contributed by atoms with E-state index in [1.165, 1.54) is 0 Å². The third-order valence-corrected chi connectivity index (χ3v) is 5.20. The number of carbonyl (C=O) groups is 1. The van der Waals surface area contributed by atoms with Crippen LogP contribution in [-0.2, 0) is 4.79 Å². The monoisotopic (exact) mass is 397 g/mol. The number of thiazole rings is 1. The van der Waals surface area contributed by atoms with Crippen LogP contribution in [0.3, 0.4) is 0 Å². The van der Waals surface area contributed by atoms with Crippen LogP contribution in [0.2, 0.25) is 0 Å². The van der Waals surface area contributed by atoms with Gasteiger partial charge in [0, 0.05) is 12.0 Å². The number of para-hydroxylation sites is 2. The highest BCUT2D eigenvalue weighted by Gasteiger charge is 2.15. The number of ether oxygens (including phenoxy) is 2. The van der Waals surface area contributed by atoms with Gasteiger partial charge < -0.3 is 14.6 Å². The third-order valence-electron chi connectivity index (χ3n) is 4.09. The molecule has 0 saturated carbocycles. The number of hydrogen-bond acceptors (Lipinski definition) is 5. The van der Waals surface area contributed by atoms with Crippen molar-refractivity contribution in [2.24, 2.45) is 0 Å². The minimum Gasteiger partial charge on any atom is -0.493 e. The van der Waals surface area contributed by atoms with Crippen LogP contribution in [0.15, 0.2) is 42.5 Å². The average Bonchev–Trinajstić information content (AvgIpc) is 3.09. The number of hydrogen-bond donors (Lipinski definition) is 1. The number of allylic oxidation sites excluding steroid dienone is 1. The van der Waals surface area contributed by atoms with Gasteiger partial charge in [0.25, 0.3) is 0 Å². The number of aliphatic carboxylic acids is 1. The molecule has 1 aromatic heterocycles. The first-order chi connectivity index (χ1) is 13.5. The van der Waals surface area contributed by atoms with E-state index in [0.717, 1.165) is 26.4 Å². The van der Waals surface area contributed by atoms with E-state index in [0.29, 0.717) is 17.9 Å². The molecule has 0 unspecified atom stereocenters. The second kappa shape index (κ2) is 8.89. The van der Waals surface area contributed by atoms with Crippen molar-refractivity contribution in [2.45, 2.75) is 32.8 Å². The summed E-state index contributed by atoms with van der Waals surface area (Å²) in [5.41, 5.74) is 2.62. The van der Waals surface area contributed by atoms with Gasteiger partial charge in [-0.3, -0.25) is 4.79 Å². The summed E-state index contributed by atoms with van der Waals surface area (Å²) in [5.74, 6) is 0.453. The van der Waals surface area contributed by atoms with Crippen molar-refractivity contribution in [3.05, 3.63) is 53.0 Å². The molecule has 0 aliphatic heterocycles. The summed E-state index contributed by atoms with van der Waals surface area (Å²) in [6.07, 6.45) is 2.36. The molecule has 6 heteroatoms.